The molecule has 2 aromatic heterocycles. The van der Waals surface area contributed by atoms with Crippen LogP contribution in [0.1, 0.15) is 23.3 Å². The molecule has 1 saturated heterocycles. The van der Waals surface area contributed by atoms with Gasteiger partial charge in [-0.1, -0.05) is 0 Å². The number of aryl methyl sites for hydroxylation is 1. The lowest BCUT2D eigenvalue weighted by Crippen LogP contribution is -2.27. The SMILES string of the molecule is Nc1nc(N2CC[C@H](N)C2)c2sc3c(c2n1)CC(F)(F)CC3. The molecule has 5 nitrogen and oxygen atoms in total. The summed E-state index contributed by atoms with van der Waals surface area (Å²) < 4.78 is 28.4. The van der Waals surface area contributed by atoms with Gasteiger partial charge in [-0.05, 0) is 18.4 Å². The monoisotopic (exact) mass is 325 g/mol. The van der Waals surface area contributed by atoms with Gasteiger partial charge in [0.25, 0.3) is 5.92 Å². The van der Waals surface area contributed by atoms with Crippen molar-refractivity contribution in [3.05, 3.63) is 10.4 Å². The molecule has 0 saturated carbocycles. The summed E-state index contributed by atoms with van der Waals surface area (Å²) in [7, 11) is 0. The first kappa shape index (κ1) is 14.1. The number of aromatic nitrogens is 2. The summed E-state index contributed by atoms with van der Waals surface area (Å²) in [4.78, 5) is 11.7. The minimum Gasteiger partial charge on any atom is -0.368 e. The Kier molecular flexibility index (Phi) is 3.02. The highest BCUT2D eigenvalue weighted by atomic mass is 32.1. The van der Waals surface area contributed by atoms with Crippen LogP contribution in [0, 0.1) is 0 Å². The van der Waals surface area contributed by atoms with E-state index in [2.05, 4.69) is 14.9 Å². The zero-order valence-electron chi connectivity index (χ0n) is 12.0. The molecular weight excluding hydrogens is 308 g/mol. The Balaban J connectivity index is 1.87. The minimum absolute atomic E-state index is 0.0976. The predicted octanol–water partition coefficient (Wildman–Crippen LogP) is 1.93. The maximum absolute atomic E-state index is 13.7. The highest BCUT2D eigenvalue weighted by Crippen LogP contribution is 2.43. The molecule has 0 bridgehead atoms. The summed E-state index contributed by atoms with van der Waals surface area (Å²) >= 11 is 1.53. The third-order valence-electron chi connectivity index (χ3n) is 4.39. The fourth-order valence-corrected chi connectivity index (χ4v) is 4.57. The lowest BCUT2D eigenvalue weighted by Gasteiger charge is -2.21. The van der Waals surface area contributed by atoms with Gasteiger partial charge in [0.05, 0.1) is 10.2 Å². The van der Waals surface area contributed by atoms with Crippen LogP contribution in [0.3, 0.4) is 0 Å². The molecule has 0 amide bonds. The number of nitrogens with zero attached hydrogens (tertiary/aromatic N) is 3. The predicted molar refractivity (Wildman–Crippen MR) is 83.6 cm³/mol. The zero-order valence-corrected chi connectivity index (χ0v) is 12.8. The van der Waals surface area contributed by atoms with E-state index in [1.54, 1.807) is 0 Å². The summed E-state index contributed by atoms with van der Waals surface area (Å²) in [6.45, 7) is 1.52. The Morgan fingerprint density at radius 2 is 2.14 bits per heavy atom. The first-order chi connectivity index (χ1) is 10.4. The largest absolute Gasteiger partial charge is 0.368 e. The van der Waals surface area contributed by atoms with Gasteiger partial charge >= 0.3 is 0 Å². The minimum atomic E-state index is -2.66. The molecule has 0 radical (unpaired) electrons. The number of alkyl halides is 2. The van der Waals surface area contributed by atoms with Gasteiger partial charge in [-0.15, -0.1) is 11.3 Å². The van der Waals surface area contributed by atoms with Crippen molar-refractivity contribution in [2.75, 3.05) is 23.7 Å². The van der Waals surface area contributed by atoms with Crippen molar-refractivity contribution in [1.82, 2.24) is 9.97 Å². The lowest BCUT2D eigenvalue weighted by atomic mass is 9.95. The normalized spacial score (nSPS) is 24.0. The zero-order chi connectivity index (χ0) is 15.5. The van der Waals surface area contributed by atoms with Crippen molar-refractivity contribution in [2.45, 2.75) is 37.6 Å². The average Bonchev–Trinajstić information content (AvgIpc) is 3.01. The fourth-order valence-electron chi connectivity index (χ4n) is 3.29. The molecule has 3 heterocycles. The third-order valence-corrected chi connectivity index (χ3v) is 5.67. The van der Waals surface area contributed by atoms with Gasteiger partial charge in [0.15, 0.2) is 5.82 Å². The van der Waals surface area contributed by atoms with Gasteiger partial charge in [0.2, 0.25) is 5.95 Å². The molecule has 1 aliphatic heterocycles. The molecule has 4 rings (SSSR count). The second-order valence-corrected chi connectivity index (χ2v) is 7.22. The number of anilines is 2. The maximum atomic E-state index is 13.7. The number of fused-ring (bicyclic) bond motifs is 3. The summed E-state index contributed by atoms with van der Waals surface area (Å²) in [6.07, 6.45) is 0.939. The van der Waals surface area contributed by atoms with E-state index in [1.165, 1.54) is 11.3 Å². The second kappa shape index (κ2) is 4.73. The van der Waals surface area contributed by atoms with E-state index in [1.807, 2.05) is 0 Å². The van der Waals surface area contributed by atoms with Crippen LogP contribution in [0.5, 0.6) is 0 Å². The molecule has 118 valence electrons. The number of hydrogen-bond acceptors (Lipinski definition) is 6. The van der Waals surface area contributed by atoms with Crippen molar-refractivity contribution < 1.29 is 8.78 Å². The van der Waals surface area contributed by atoms with E-state index in [-0.39, 0.29) is 24.8 Å². The Bertz CT molecular complexity index is 744. The molecule has 8 heteroatoms. The molecule has 0 aromatic carbocycles. The van der Waals surface area contributed by atoms with Gasteiger partial charge < -0.3 is 16.4 Å². The van der Waals surface area contributed by atoms with Crippen molar-refractivity contribution in [3.63, 3.8) is 0 Å². The van der Waals surface area contributed by atoms with Gasteiger partial charge in [-0.3, -0.25) is 0 Å². The smallest absolute Gasteiger partial charge is 0.252 e. The molecule has 2 aromatic rings. The Labute approximate surface area is 130 Å². The van der Waals surface area contributed by atoms with Gasteiger partial charge in [0, 0.05) is 36.9 Å². The molecule has 1 fully saturated rings. The Hall–Kier alpha value is -1.54. The van der Waals surface area contributed by atoms with Crippen molar-refractivity contribution >= 4 is 33.3 Å². The Morgan fingerprint density at radius 3 is 2.86 bits per heavy atom. The first-order valence-corrected chi connectivity index (χ1v) is 8.21. The number of hydrogen-bond donors (Lipinski definition) is 2. The van der Waals surface area contributed by atoms with Crippen LogP contribution in [0.25, 0.3) is 10.2 Å². The molecule has 1 atom stereocenters. The first-order valence-electron chi connectivity index (χ1n) is 7.39. The second-order valence-electron chi connectivity index (χ2n) is 6.11. The summed E-state index contributed by atoms with van der Waals surface area (Å²) in [5.41, 5.74) is 13.0. The number of rotatable bonds is 1. The van der Waals surface area contributed by atoms with Crippen LogP contribution in [0.4, 0.5) is 20.5 Å². The topological polar surface area (TPSA) is 81.1 Å². The van der Waals surface area contributed by atoms with Gasteiger partial charge in [0.1, 0.15) is 0 Å². The summed E-state index contributed by atoms with van der Waals surface area (Å²) in [6, 6.07) is 0.116. The molecule has 22 heavy (non-hydrogen) atoms. The molecule has 0 spiro atoms. The van der Waals surface area contributed by atoms with Gasteiger partial charge in [-0.2, -0.15) is 4.98 Å². The van der Waals surface area contributed by atoms with Crippen molar-refractivity contribution in [3.8, 4) is 0 Å². The van der Waals surface area contributed by atoms with Crippen LogP contribution in [-0.2, 0) is 12.8 Å². The fraction of sp³-hybridized carbons (Fsp3) is 0.571. The Morgan fingerprint density at radius 1 is 1.32 bits per heavy atom. The van der Waals surface area contributed by atoms with E-state index in [0.29, 0.717) is 24.0 Å². The number of halogens is 2. The molecule has 4 N–H and O–H groups in total. The third kappa shape index (κ3) is 2.21. The van der Waals surface area contributed by atoms with E-state index in [4.69, 9.17) is 11.5 Å². The van der Waals surface area contributed by atoms with Crippen molar-refractivity contribution in [2.24, 2.45) is 5.73 Å². The van der Waals surface area contributed by atoms with E-state index in [9.17, 15) is 8.78 Å². The van der Waals surface area contributed by atoms with E-state index < -0.39 is 5.92 Å². The highest BCUT2D eigenvalue weighted by molar-refractivity contribution is 7.19. The van der Waals surface area contributed by atoms with E-state index in [0.717, 1.165) is 28.4 Å². The maximum Gasteiger partial charge on any atom is 0.252 e. The van der Waals surface area contributed by atoms with Crippen LogP contribution in [0.15, 0.2) is 0 Å². The highest BCUT2D eigenvalue weighted by Gasteiger charge is 2.37. The number of nitrogen functional groups attached to an aromatic ring is 1. The van der Waals surface area contributed by atoms with Crippen LogP contribution in [0.2, 0.25) is 0 Å². The number of thiophene rings is 1. The lowest BCUT2D eigenvalue weighted by molar-refractivity contribution is -0.0113. The molecule has 2 aliphatic rings. The molecule has 1 aliphatic carbocycles. The quantitative estimate of drug-likeness (QED) is 0.837. The van der Waals surface area contributed by atoms with E-state index >= 15 is 0 Å². The van der Waals surface area contributed by atoms with Crippen LogP contribution >= 0.6 is 11.3 Å². The van der Waals surface area contributed by atoms with Crippen LogP contribution < -0.4 is 16.4 Å². The number of nitrogens with two attached hydrogens (primary N) is 2. The molecular formula is C14H17F2N5S. The summed E-state index contributed by atoms with van der Waals surface area (Å²) in [5.74, 6) is -1.77. The van der Waals surface area contributed by atoms with Crippen LogP contribution in [-0.4, -0.2) is 35.0 Å². The molecule has 0 unspecified atom stereocenters. The standard InChI is InChI=1S/C14H17F2N5S/c15-14(16)3-1-9-8(5-14)10-11(22-9)12(20-13(18)19-10)21-4-2-7(17)6-21/h7H,1-6,17H2,(H2,18,19,20)/t7-/m0/s1. The summed E-state index contributed by atoms with van der Waals surface area (Å²) in [5, 5.41) is 0. The average molecular weight is 325 g/mol. The van der Waals surface area contributed by atoms with Gasteiger partial charge in [-0.25, -0.2) is 13.8 Å². The van der Waals surface area contributed by atoms with Crippen molar-refractivity contribution in [1.29, 1.82) is 0 Å².